The second-order valence-corrected chi connectivity index (χ2v) is 12.4. The van der Waals surface area contributed by atoms with Crippen LogP contribution in [0.15, 0.2) is 65.6 Å². The van der Waals surface area contributed by atoms with Crippen LogP contribution < -0.4 is 0 Å². The molecule has 1 aliphatic carbocycles. The number of sulfone groups is 1. The maximum atomic E-state index is 14.3. The molecule has 4 nitrogen and oxygen atoms in total. The second kappa shape index (κ2) is 10.8. The van der Waals surface area contributed by atoms with Crippen molar-refractivity contribution in [2.24, 2.45) is 0 Å². The molecule has 0 unspecified atom stereocenters. The van der Waals surface area contributed by atoms with Gasteiger partial charge >= 0.3 is 12.4 Å². The number of hydrogen-bond acceptors (Lipinski definition) is 4. The summed E-state index contributed by atoms with van der Waals surface area (Å²) in [6, 6.07) is 9.11. The molecule has 0 amide bonds. The Bertz CT molecular complexity index is 1440. The smallest absolute Gasteiger partial charge is 0.349 e. The Morgan fingerprint density at radius 2 is 1.32 bits per heavy atom. The van der Waals surface area contributed by atoms with E-state index in [-0.39, 0.29) is 39.2 Å². The van der Waals surface area contributed by atoms with Crippen LogP contribution in [0.4, 0.5) is 30.7 Å². The fourth-order valence-corrected chi connectivity index (χ4v) is 7.75. The molecular weight excluding hydrogens is 610 g/mol. The molecule has 216 valence electrons. The number of aromatic nitrogens is 1. The largest absolute Gasteiger partial charge is 0.430 e. The average molecular weight is 630 g/mol. The summed E-state index contributed by atoms with van der Waals surface area (Å²) in [4.78, 5) is 3.39. The fourth-order valence-electron chi connectivity index (χ4n) is 5.03. The highest BCUT2D eigenvalue weighted by Crippen LogP contribution is 2.54. The summed E-state index contributed by atoms with van der Waals surface area (Å²) < 4.78 is 130. The van der Waals surface area contributed by atoms with Gasteiger partial charge in [0.1, 0.15) is 20.9 Å². The molecule has 0 N–H and O–H groups in total. The lowest BCUT2D eigenvalue weighted by molar-refractivity contribution is -0.392. The van der Waals surface area contributed by atoms with Gasteiger partial charge in [0, 0.05) is 5.56 Å². The number of ether oxygens (including phenoxy) is 1. The molecule has 0 saturated heterocycles. The first-order chi connectivity index (χ1) is 18.5. The molecule has 0 atom stereocenters. The van der Waals surface area contributed by atoms with Crippen molar-refractivity contribution in [1.29, 1.82) is 0 Å². The lowest BCUT2D eigenvalue weighted by atomic mass is 9.88. The van der Waals surface area contributed by atoms with Crippen LogP contribution in [0.2, 0.25) is 10.3 Å². The van der Waals surface area contributed by atoms with E-state index in [1.54, 1.807) is 0 Å². The van der Waals surface area contributed by atoms with Gasteiger partial charge in [-0.25, -0.2) is 17.8 Å². The van der Waals surface area contributed by atoms with Gasteiger partial charge in [0.2, 0.25) is 0 Å². The zero-order valence-electron chi connectivity index (χ0n) is 20.3. The van der Waals surface area contributed by atoms with Crippen molar-refractivity contribution in [2.75, 3.05) is 0 Å². The zero-order valence-corrected chi connectivity index (χ0v) is 22.6. The SMILES string of the molecule is O=S(=O)(c1ccc(F)cc1)C1(c2ccc(C(OCc3cc(Cl)nc(Cl)c3)(C(F)(F)F)C(F)(F)F)cc2)CCCC1. The average Bonchev–Trinajstić information content (AvgIpc) is 3.35. The minimum Gasteiger partial charge on any atom is -0.349 e. The molecule has 2 aromatic carbocycles. The molecule has 1 saturated carbocycles. The van der Waals surface area contributed by atoms with Crippen LogP contribution in [0, 0.1) is 5.82 Å². The minimum atomic E-state index is -5.97. The van der Waals surface area contributed by atoms with Gasteiger partial charge < -0.3 is 4.74 Å². The van der Waals surface area contributed by atoms with E-state index < -0.39 is 50.5 Å². The van der Waals surface area contributed by atoms with E-state index in [9.17, 15) is 39.2 Å². The highest BCUT2D eigenvalue weighted by molar-refractivity contribution is 7.92. The van der Waals surface area contributed by atoms with Crippen molar-refractivity contribution in [1.82, 2.24) is 4.98 Å². The molecular formula is C26H20Cl2F7NO3S. The van der Waals surface area contributed by atoms with Crippen LogP contribution >= 0.6 is 23.2 Å². The van der Waals surface area contributed by atoms with Crippen LogP contribution in [-0.2, 0) is 31.5 Å². The predicted octanol–water partition coefficient (Wildman–Crippen LogP) is 8.31. The summed E-state index contributed by atoms with van der Waals surface area (Å²) in [5.41, 5.74) is -6.23. The number of pyridine rings is 1. The Kier molecular flexibility index (Phi) is 8.23. The predicted molar refractivity (Wildman–Crippen MR) is 133 cm³/mol. The molecule has 0 bridgehead atoms. The molecule has 40 heavy (non-hydrogen) atoms. The van der Waals surface area contributed by atoms with Crippen molar-refractivity contribution in [3.05, 3.63) is 93.5 Å². The van der Waals surface area contributed by atoms with E-state index in [4.69, 9.17) is 23.2 Å². The lowest BCUT2D eigenvalue weighted by Crippen LogP contribution is -2.55. The Labute approximate surface area is 235 Å². The first-order valence-electron chi connectivity index (χ1n) is 11.7. The molecule has 1 aliphatic rings. The first kappa shape index (κ1) is 30.5. The maximum Gasteiger partial charge on any atom is 0.430 e. The van der Waals surface area contributed by atoms with Gasteiger partial charge in [-0.15, -0.1) is 0 Å². The molecule has 1 heterocycles. The Morgan fingerprint density at radius 3 is 1.80 bits per heavy atom. The van der Waals surface area contributed by atoms with E-state index in [2.05, 4.69) is 9.72 Å². The van der Waals surface area contributed by atoms with Crippen molar-refractivity contribution < 1.29 is 43.9 Å². The number of nitrogens with zero attached hydrogens (tertiary/aromatic N) is 1. The van der Waals surface area contributed by atoms with Crippen molar-refractivity contribution in [3.63, 3.8) is 0 Å². The van der Waals surface area contributed by atoms with Crippen LogP contribution in [0.25, 0.3) is 0 Å². The first-order valence-corrected chi connectivity index (χ1v) is 14.0. The Hall–Kier alpha value is -2.41. The molecule has 1 aromatic heterocycles. The molecule has 14 heteroatoms. The number of hydrogen-bond donors (Lipinski definition) is 0. The summed E-state index contributed by atoms with van der Waals surface area (Å²) >= 11 is 11.4. The lowest BCUT2D eigenvalue weighted by Gasteiger charge is -2.38. The number of rotatable bonds is 7. The van der Waals surface area contributed by atoms with E-state index in [0.717, 1.165) is 48.5 Å². The molecule has 0 radical (unpaired) electrons. The van der Waals surface area contributed by atoms with Crippen LogP contribution in [-0.4, -0.2) is 25.8 Å². The third-order valence-electron chi connectivity index (χ3n) is 6.94. The molecule has 0 spiro atoms. The molecule has 3 aromatic rings. The van der Waals surface area contributed by atoms with Crippen molar-refractivity contribution >= 4 is 33.0 Å². The molecule has 1 fully saturated rings. The van der Waals surface area contributed by atoms with Gasteiger partial charge in [-0.1, -0.05) is 60.3 Å². The Morgan fingerprint density at radius 1 is 0.825 bits per heavy atom. The zero-order chi connectivity index (χ0) is 29.6. The molecule has 4 rings (SSSR count). The normalized spacial score (nSPS) is 16.3. The van der Waals surface area contributed by atoms with E-state index >= 15 is 0 Å². The number of alkyl halides is 6. The van der Waals surface area contributed by atoms with Crippen molar-refractivity contribution in [2.45, 2.75) is 59.9 Å². The third kappa shape index (κ3) is 5.31. The number of halogens is 9. The standard InChI is InChI=1S/C26H20Cl2F7NO3S/c27-21-13-16(14-22(28)36-21)15-39-24(25(30,31)32,26(33,34)35)18-5-3-17(4-6-18)23(11-1-2-12-23)40(37,38)20-9-7-19(29)8-10-20/h3-10,13-14H,1-2,11-12,15H2. The van der Waals surface area contributed by atoms with Gasteiger partial charge in [0.05, 0.1) is 11.5 Å². The fraction of sp³-hybridized carbons (Fsp3) is 0.346. The van der Waals surface area contributed by atoms with Crippen molar-refractivity contribution in [3.8, 4) is 0 Å². The summed E-state index contributed by atoms with van der Waals surface area (Å²) in [6.07, 6.45) is -10.9. The highest BCUT2D eigenvalue weighted by Gasteiger charge is 2.73. The summed E-state index contributed by atoms with van der Waals surface area (Å²) in [6.45, 7) is -1.17. The second-order valence-electron chi connectivity index (χ2n) is 9.32. The van der Waals surface area contributed by atoms with Gasteiger partial charge in [-0.2, -0.15) is 26.3 Å². The van der Waals surface area contributed by atoms with Crippen LogP contribution in [0.5, 0.6) is 0 Å². The summed E-state index contributed by atoms with van der Waals surface area (Å²) in [5.74, 6) is -0.671. The van der Waals surface area contributed by atoms with Crippen LogP contribution in [0.3, 0.4) is 0 Å². The third-order valence-corrected chi connectivity index (χ3v) is 9.90. The minimum absolute atomic E-state index is 0.0176. The van der Waals surface area contributed by atoms with Gasteiger partial charge in [-0.05, 0) is 60.4 Å². The quantitative estimate of drug-likeness (QED) is 0.150. The maximum absolute atomic E-state index is 14.3. The van der Waals surface area contributed by atoms with Gasteiger partial charge in [0.25, 0.3) is 5.60 Å². The summed E-state index contributed by atoms with van der Waals surface area (Å²) in [5, 5.41) is -0.520. The van der Waals surface area contributed by atoms with Gasteiger partial charge in [0.15, 0.2) is 9.84 Å². The summed E-state index contributed by atoms with van der Waals surface area (Å²) in [7, 11) is -4.20. The van der Waals surface area contributed by atoms with E-state index in [1.165, 1.54) is 0 Å². The monoisotopic (exact) mass is 629 g/mol. The topological polar surface area (TPSA) is 56.3 Å². The van der Waals surface area contributed by atoms with E-state index in [1.807, 2.05) is 0 Å². The molecule has 0 aliphatic heterocycles. The number of benzene rings is 2. The van der Waals surface area contributed by atoms with E-state index in [0.29, 0.717) is 25.0 Å². The van der Waals surface area contributed by atoms with Crippen LogP contribution in [0.1, 0.15) is 42.4 Å². The van der Waals surface area contributed by atoms with Gasteiger partial charge in [-0.3, -0.25) is 0 Å². The Balaban J connectivity index is 1.80. The highest BCUT2D eigenvalue weighted by atomic mass is 35.5.